The van der Waals surface area contributed by atoms with Crippen molar-refractivity contribution in [2.45, 2.75) is 66.2 Å². The van der Waals surface area contributed by atoms with Crippen LogP contribution >= 0.6 is 0 Å². The molecule has 0 saturated heterocycles. The topological polar surface area (TPSA) is 60.0 Å². The highest BCUT2D eigenvalue weighted by Gasteiger charge is 2.32. The summed E-state index contributed by atoms with van der Waals surface area (Å²) in [5.41, 5.74) is 8.08. The predicted octanol–water partition coefficient (Wildman–Crippen LogP) is 5.88. The number of nitrogens with zero attached hydrogens (tertiary/aromatic N) is 2. The zero-order chi connectivity index (χ0) is 24.9. The van der Waals surface area contributed by atoms with Crippen molar-refractivity contribution in [2.75, 3.05) is 0 Å². The molecular weight excluding hydrogens is 434 g/mol. The van der Waals surface area contributed by atoms with Crippen molar-refractivity contribution in [2.24, 2.45) is 0 Å². The average Bonchev–Trinajstić information content (AvgIpc) is 3.09. The van der Waals surface area contributed by atoms with Crippen LogP contribution in [0.4, 0.5) is 0 Å². The van der Waals surface area contributed by atoms with Gasteiger partial charge in [-0.3, -0.25) is 10.2 Å². The summed E-state index contributed by atoms with van der Waals surface area (Å²) in [5, 5.41) is 8.98. The maximum Gasteiger partial charge on any atom is 0.203 e. The molecule has 1 aromatic heterocycles. The molecule has 0 saturated carbocycles. The molecule has 4 aromatic rings. The lowest BCUT2D eigenvalue weighted by atomic mass is 9.84. The number of hydrogen-bond donors (Lipinski definition) is 1. The summed E-state index contributed by atoms with van der Waals surface area (Å²) in [4.78, 5) is 13.8. The van der Waals surface area contributed by atoms with Crippen LogP contribution in [0.3, 0.4) is 0 Å². The predicted molar refractivity (Wildman–Crippen MR) is 139 cm³/mol. The number of fused-ring (bicyclic) bond motifs is 2. The van der Waals surface area contributed by atoms with Crippen molar-refractivity contribution >= 4 is 16.8 Å². The van der Waals surface area contributed by atoms with Crippen molar-refractivity contribution in [3.05, 3.63) is 93.6 Å². The van der Waals surface area contributed by atoms with Gasteiger partial charge in [-0.15, -0.1) is 0 Å². The standard InChI is InChI=1S/C30H33N3O2/c1-19-20(2)28-23(15-16-30(4,5)35-28)21(3)27(19)26(34)18-33-25-14-10-9-13-24(25)32(29(33)31)17-22-11-7-6-8-12-22/h6-14,31H,15-18H2,1-5H3. The van der Waals surface area contributed by atoms with Crippen molar-refractivity contribution in [1.82, 2.24) is 9.13 Å². The van der Waals surface area contributed by atoms with Crippen LogP contribution in [-0.4, -0.2) is 20.5 Å². The number of ketones is 1. The molecule has 0 aliphatic carbocycles. The number of nitrogens with one attached hydrogen (secondary N) is 1. The molecule has 0 atom stereocenters. The van der Waals surface area contributed by atoms with E-state index in [0.29, 0.717) is 12.2 Å². The number of hydrogen-bond acceptors (Lipinski definition) is 3. The lowest BCUT2D eigenvalue weighted by Gasteiger charge is -2.35. The number of carbonyl (C=O) groups excluding carboxylic acids is 1. The van der Waals surface area contributed by atoms with E-state index in [1.54, 1.807) is 0 Å². The van der Waals surface area contributed by atoms with Crippen LogP contribution in [0, 0.1) is 26.2 Å². The van der Waals surface area contributed by atoms with Crippen LogP contribution in [-0.2, 0) is 19.5 Å². The Hall–Kier alpha value is -3.60. The molecule has 2 heterocycles. The second-order valence-corrected chi connectivity index (χ2v) is 10.3. The molecule has 5 heteroatoms. The Morgan fingerprint density at radius 1 is 0.914 bits per heavy atom. The van der Waals surface area contributed by atoms with Gasteiger partial charge in [0.1, 0.15) is 11.4 Å². The fraction of sp³-hybridized carbons (Fsp3) is 0.333. The Morgan fingerprint density at radius 3 is 2.23 bits per heavy atom. The van der Waals surface area contributed by atoms with Crippen LogP contribution < -0.4 is 10.4 Å². The Bertz CT molecular complexity index is 1510. The van der Waals surface area contributed by atoms with Gasteiger partial charge in [-0.25, -0.2) is 0 Å². The first-order valence-electron chi connectivity index (χ1n) is 12.3. The normalized spacial score (nSPS) is 14.5. The maximum atomic E-state index is 13.8. The zero-order valence-corrected chi connectivity index (χ0v) is 21.2. The van der Waals surface area contributed by atoms with E-state index in [4.69, 9.17) is 10.1 Å². The van der Waals surface area contributed by atoms with Gasteiger partial charge >= 0.3 is 0 Å². The summed E-state index contributed by atoms with van der Waals surface area (Å²) in [7, 11) is 0. The first kappa shape index (κ1) is 23.2. The molecular formula is C30H33N3O2. The van der Waals surface area contributed by atoms with E-state index < -0.39 is 0 Å². The minimum absolute atomic E-state index is 0.0387. The van der Waals surface area contributed by atoms with Gasteiger partial charge in [0.15, 0.2) is 5.78 Å². The summed E-state index contributed by atoms with van der Waals surface area (Å²) in [6.07, 6.45) is 1.83. The molecule has 180 valence electrons. The van der Waals surface area contributed by atoms with Crippen molar-refractivity contribution in [3.8, 4) is 5.75 Å². The van der Waals surface area contributed by atoms with Gasteiger partial charge in [-0.1, -0.05) is 42.5 Å². The molecule has 1 aliphatic heterocycles. The minimum Gasteiger partial charge on any atom is -0.487 e. The number of ether oxygens (including phenoxy) is 1. The average molecular weight is 468 g/mol. The summed E-state index contributed by atoms with van der Waals surface area (Å²) < 4.78 is 10.2. The first-order chi connectivity index (χ1) is 16.7. The fourth-order valence-corrected chi connectivity index (χ4v) is 5.40. The SMILES string of the molecule is Cc1c(C)c(C(=O)Cn2c(=N)n(Cc3ccccc3)c3ccccc32)c(C)c2c1OC(C)(C)CC2. The highest BCUT2D eigenvalue weighted by molar-refractivity contribution is 6.00. The van der Waals surface area contributed by atoms with Crippen LogP contribution in [0.5, 0.6) is 5.75 Å². The lowest BCUT2D eigenvalue weighted by Crippen LogP contribution is -2.34. The number of aromatic nitrogens is 2. The molecule has 0 bridgehead atoms. The molecule has 0 spiro atoms. The Labute approximate surface area is 206 Å². The number of rotatable bonds is 5. The number of Topliss-reactive ketones (excluding diaryl/α,β-unsaturated/α-hetero) is 1. The minimum atomic E-state index is -0.196. The van der Waals surface area contributed by atoms with E-state index in [0.717, 1.165) is 63.0 Å². The summed E-state index contributed by atoms with van der Waals surface area (Å²) in [6, 6.07) is 18.1. The first-order valence-corrected chi connectivity index (χ1v) is 12.3. The highest BCUT2D eigenvalue weighted by Crippen LogP contribution is 2.41. The van der Waals surface area contributed by atoms with Crippen molar-refractivity contribution < 1.29 is 9.53 Å². The second kappa shape index (κ2) is 8.56. The van der Waals surface area contributed by atoms with Gasteiger partial charge in [0.05, 0.1) is 24.1 Å². The third kappa shape index (κ3) is 3.99. The fourth-order valence-electron chi connectivity index (χ4n) is 5.40. The molecule has 1 N–H and O–H groups in total. The van der Waals surface area contributed by atoms with E-state index in [1.807, 2.05) is 65.4 Å². The third-order valence-electron chi connectivity index (χ3n) is 7.47. The van der Waals surface area contributed by atoms with Crippen LogP contribution in [0.1, 0.15) is 58.4 Å². The molecule has 0 fully saturated rings. The summed E-state index contributed by atoms with van der Waals surface area (Å²) in [6.45, 7) is 11.1. The van der Waals surface area contributed by atoms with Crippen molar-refractivity contribution in [3.63, 3.8) is 0 Å². The smallest absolute Gasteiger partial charge is 0.203 e. The van der Waals surface area contributed by atoms with E-state index >= 15 is 0 Å². The van der Waals surface area contributed by atoms with Crippen LogP contribution in [0.2, 0.25) is 0 Å². The van der Waals surface area contributed by atoms with Gasteiger partial charge in [0.2, 0.25) is 5.62 Å². The van der Waals surface area contributed by atoms with Gasteiger partial charge in [0, 0.05) is 5.56 Å². The summed E-state index contributed by atoms with van der Waals surface area (Å²) in [5.74, 6) is 0.984. The van der Waals surface area contributed by atoms with Gasteiger partial charge in [-0.2, -0.15) is 0 Å². The lowest BCUT2D eigenvalue weighted by molar-refractivity contribution is 0.0832. The van der Waals surface area contributed by atoms with Gasteiger partial charge < -0.3 is 13.9 Å². The zero-order valence-electron chi connectivity index (χ0n) is 21.2. The number of para-hydroxylation sites is 2. The molecule has 35 heavy (non-hydrogen) atoms. The Balaban J connectivity index is 1.57. The largest absolute Gasteiger partial charge is 0.487 e. The Kier molecular flexibility index (Phi) is 5.66. The quantitative estimate of drug-likeness (QED) is 0.373. The number of benzene rings is 3. The van der Waals surface area contributed by atoms with Gasteiger partial charge in [-0.05, 0) is 87.4 Å². The van der Waals surface area contributed by atoms with Gasteiger partial charge in [0.25, 0.3) is 0 Å². The molecule has 5 nitrogen and oxygen atoms in total. The molecule has 1 aliphatic rings. The monoisotopic (exact) mass is 467 g/mol. The van der Waals surface area contributed by atoms with Crippen molar-refractivity contribution in [1.29, 1.82) is 5.41 Å². The van der Waals surface area contributed by atoms with E-state index in [9.17, 15) is 4.79 Å². The molecule has 0 amide bonds. The van der Waals surface area contributed by atoms with Crippen LogP contribution in [0.15, 0.2) is 54.6 Å². The third-order valence-corrected chi connectivity index (χ3v) is 7.47. The second-order valence-electron chi connectivity index (χ2n) is 10.3. The van der Waals surface area contributed by atoms with Crippen LogP contribution in [0.25, 0.3) is 11.0 Å². The van der Waals surface area contributed by atoms with E-state index in [1.165, 1.54) is 0 Å². The summed E-state index contributed by atoms with van der Waals surface area (Å²) >= 11 is 0. The highest BCUT2D eigenvalue weighted by atomic mass is 16.5. The van der Waals surface area contributed by atoms with E-state index in [-0.39, 0.29) is 17.9 Å². The number of imidazole rings is 1. The molecule has 0 radical (unpaired) electrons. The maximum absolute atomic E-state index is 13.8. The number of carbonyl (C=O) groups is 1. The van der Waals surface area contributed by atoms with E-state index in [2.05, 4.69) is 32.9 Å². The Morgan fingerprint density at radius 2 is 1.54 bits per heavy atom. The molecule has 3 aromatic carbocycles. The molecule has 5 rings (SSSR count). The molecule has 0 unspecified atom stereocenters.